The Kier molecular flexibility index (Phi) is 4.11. The van der Waals surface area contributed by atoms with Gasteiger partial charge in [-0.3, -0.25) is 0 Å². The van der Waals surface area contributed by atoms with E-state index < -0.39 is 5.97 Å². The van der Waals surface area contributed by atoms with Gasteiger partial charge in [-0.15, -0.1) is 10.2 Å². The fourth-order valence-electron chi connectivity index (χ4n) is 1.49. The fraction of sp³-hybridized carbons (Fsp3) is 0.182. The maximum Gasteiger partial charge on any atom is 0.191 e. The number of carboxylic acids is 1. The summed E-state index contributed by atoms with van der Waals surface area (Å²) >= 11 is 4.33. The molecule has 0 saturated carbocycles. The predicted molar refractivity (Wildman–Crippen MR) is 71.5 cm³/mol. The van der Waals surface area contributed by atoms with Gasteiger partial charge >= 0.3 is 0 Å². The molecule has 0 fully saturated rings. The highest BCUT2D eigenvalue weighted by atomic mass is 79.9. The lowest BCUT2D eigenvalue weighted by molar-refractivity contribution is -0.301. The molecule has 0 amide bonds. The van der Waals surface area contributed by atoms with E-state index in [0.29, 0.717) is 16.5 Å². The van der Waals surface area contributed by atoms with E-state index in [1.54, 1.807) is 29.8 Å². The minimum absolute atomic E-state index is 0.0788. The number of carbonyl (C=O) groups excluding carboxylic acids is 1. The first-order valence-corrected chi connectivity index (χ1v) is 6.98. The molecule has 0 aliphatic rings. The summed E-state index contributed by atoms with van der Waals surface area (Å²) in [6.07, 6.45) is 0. The van der Waals surface area contributed by atoms with E-state index in [2.05, 4.69) is 26.1 Å². The van der Waals surface area contributed by atoms with E-state index in [4.69, 9.17) is 0 Å². The molecule has 1 aromatic heterocycles. The number of benzene rings is 1. The van der Waals surface area contributed by atoms with E-state index >= 15 is 0 Å². The number of aromatic nitrogens is 3. The zero-order chi connectivity index (χ0) is 14.0. The van der Waals surface area contributed by atoms with Crippen molar-refractivity contribution >= 4 is 33.7 Å². The van der Waals surface area contributed by atoms with Gasteiger partial charge in [0.1, 0.15) is 5.75 Å². The quantitative estimate of drug-likeness (QED) is 0.826. The molecule has 0 bridgehead atoms. The Morgan fingerprint density at radius 2 is 2.26 bits per heavy atom. The Balaban J connectivity index is 2.36. The highest BCUT2D eigenvalue weighted by Gasteiger charge is 2.14. The molecule has 0 aliphatic carbocycles. The number of halogens is 1. The molecule has 6 nitrogen and oxygen atoms in total. The molecule has 100 valence electrons. The van der Waals surface area contributed by atoms with E-state index in [-0.39, 0.29) is 11.5 Å². The molecule has 0 atom stereocenters. The molecule has 0 saturated heterocycles. The van der Waals surface area contributed by atoms with Crippen LogP contribution in [-0.4, -0.2) is 31.6 Å². The molecular weight excluding hydrogens is 334 g/mol. The van der Waals surface area contributed by atoms with Crippen molar-refractivity contribution in [2.75, 3.05) is 5.75 Å². The van der Waals surface area contributed by atoms with Gasteiger partial charge in [-0.1, -0.05) is 27.7 Å². The monoisotopic (exact) mass is 342 g/mol. The van der Waals surface area contributed by atoms with Gasteiger partial charge in [0, 0.05) is 17.3 Å². The minimum Gasteiger partial charge on any atom is -0.549 e. The first kappa shape index (κ1) is 13.9. The summed E-state index contributed by atoms with van der Waals surface area (Å²) in [7, 11) is 1.70. The Bertz CT molecular complexity index is 630. The second-order valence-electron chi connectivity index (χ2n) is 3.69. The van der Waals surface area contributed by atoms with Crippen LogP contribution in [0.4, 0.5) is 0 Å². The van der Waals surface area contributed by atoms with Gasteiger partial charge in [0.2, 0.25) is 0 Å². The number of phenolic OH excluding ortho intramolecular Hbond substituents is 1. The third-order valence-corrected chi connectivity index (χ3v) is 3.84. The highest BCUT2D eigenvalue weighted by molar-refractivity contribution is 9.10. The van der Waals surface area contributed by atoms with Crippen molar-refractivity contribution in [1.29, 1.82) is 0 Å². The van der Waals surface area contributed by atoms with Gasteiger partial charge in [0.15, 0.2) is 11.0 Å². The van der Waals surface area contributed by atoms with E-state index in [1.807, 2.05) is 0 Å². The largest absolute Gasteiger partial charge is 0.549 e. The van der Waals surface area contributed by atoms with E-state index in [9.17, 15) is 15.0 Å². The molecule has 8 heteroatoms. The number of carbonyl (C=O) groups is 1. The molecule has 2 aromatic rings. The summed E-state index contributed by atoms with van der Waals surface area (Å²) in [6.45, 7) is 0. The minimum atomic E-state index is -1.17. The molecule has 0 unspecified atom stereocenters. The topological polar surface area (TPSA) is 91.1 Å². The number of thioether (sulfide) groups is 1. The predicted octanol–water partition coefficient (Wildman–Crippen LogP) is 0.792. The summed E-state index contributed by atoms with van der Waals surface area (Å²) in [4.78, 5) is 10.4. The number of aliphatic carboxylic acids is 1. The molecule has 0 aliphatic heterocycles. The number of nitrogens with zero attached hydrogens (tertiary/aromatic N) is 3. The second-order valence-corrected chi connectivity index (χ2v) is 5.55. The smallest absolute Gasteiger partial charge is 0.191 e. The Morgan fingerprint density at radius 1 is 1.53 bits per heavy atom. The van der Waals surface area contributed by atoms with Crippen LogP contribution in [0, 0.1) is 0 Å². The lowest BCUT2D eigenvalue weighted by Crippen LogP contribution is -2.24. The Hall–Kier alpha value is -1.54. The average Bonchev–Trinajstić information content (AvgIpc) is 2.71. The van der Waals surface area contributed by atoms with Crippen LogP contribution in [0.2, 0.25) is 0 Å². The zero-order valence-electron chi connectivity index (χ0n) is 9.83. The summed E-state index contributed by atoms with van der Waals surface area (Å²) < 4.78 is 2.42. The van der Waals surface area contributed by atoms with Crippen molar-refractivity contribution in [3.05, 3.63) is 22.7 Å². The number of hydrogen-bond acceptors (Lipinski definition) is 6. The van der Waals surface area contributed by atoms with Gasteiger partial charge in [-0.25, -0.2) is 0 Å². The number of phenols is 1. The molecule has 0 radical (unpaired) electrons. The van der Waals surface area contributed by atoms with Gasteiger partial charge in [-0.05, 0) is 18.2 Å². The van der Waals surface area contributed by atoms with Crippen molar-refractivity contribution in [3.63, 3.8) is 0 Å². The molecule has 0 spiro atoms. The van der Waals surface area contributed by atoms with Crippen LogP contribution in [0.5, 0.6) is 5.75 Å². The molecular formula is C11H9BrN3O3S-. The van der Waals surface area contributed by atoms with Crippen molar-refractivity contribution < 1.29 is 15.0 Å². The summed E-state index contributed by atoms with van der Waals surface area (Å²) in [5.74, 6) is -0.828. The first-order chi connectivity index (χ1) is 8.99. The maximum atomic E-state index is 10.4. The SMILES string of the molecule is Cn1c(SCC(=O)[O-])nnc1-c1cc(Br)ccc1O. The third kappa shape index (κ3) is 3.07. The second kappa shape index (κ2) is 5.62. The lowest BCUT2D eigenvalue weighted by atomic mass is 10.2. The zero-order valence-corrected chi connectivity index (χ0v) is 12.2. The van der Waals surface area contributed by atoms with Crippen molar-refractivity contribution in [3.8, 4) is 17.1 Å². The van der Waals surface area contributed by atoms with Crippen molar-refractivity contribution in [2.45, 2.75) is 5.16 Å². The van der Waals surface area contributed by atoms with Crippen molar-refractivity contribution in [1.82, 2.24) is 14.8 Å². The number of hydrogen-bond donors (Lipinski definition) is 1. The lowest BCUT2D eigenvalue weighted by Gasteiger charge is -2.06. The van der Waals surface area contributed by atoms with Crippen LogP contribution < -0.4 is 5.11 Å². The highest BCUT2D eigenvalue weighted by Crippen LogP contribution is 2.31. The fourth-order valence-corrected chi connectivity index (χ4v) is 2.47. The number of carboxylic acid groups (broad SMARTS) is 1. The van der Waals surface area contributed by atoms with Gasteiger partial charge in [0.25, 0.3) is 0 Å². The van der Waals surface area contributed by atoms with Crippen LogP contribution in [0.25, 0.3) is 11.4 Å². The van der Waals surface area contributed by atoms with Gasteiger partial charge < -0.3 is 19.6 Å². The molecule has 1 aromatic carbocycles. The molecule has 2 rings (SSSR count). The summed E-state index contributed by atoms with van der Waals surface area (Å²) in [5.41, 5.74) is 0.518. The number of aromatic hydroxyl groups is 1. The van der Waals surface area contributed by atoms with Crippen LogP contribution in [0.15, 0.2) is 27.8 Å². The Labute approximate surface area is 121 Å². The van der Waals surface area contributed by atoms with Crippen LogP contribution in [0.1, 0.15) is 0 Å². The average molecular weight is 343 g/mol. The van der Waals surface area contributed by atoms with E-state index in [0.717, 1.165) is 16.2 Å². The standard InChI is InChI=1S/C11H10BrN3O3S/c1-15-10(7-4-6(12)2-3-8(7)16)13-14-11(15)19-5-9(17)18/h2-4,16H,5H2,1H3,(H,17,18)/p-1. The summed E-state index contributed by atoms with van der Waals surface area (Å²) in [6, 6.07) is 4.97. The molecule has 1 heterocycles. The Morgan fingerprint density at radius 3 is 2.95 bits per heavy atom. The molecule has 19 heavy (non-hydrogen) atoms. The number of rotatable bonds is 4. The van der Waals surface area contributed by atoms with Crippen molar-refractivity contribution in [2.24, 2.45) is 7.05 Å². The van der Waals surface area contributed by atoms with Crippen LogP contribution >= 0.6 is 27.7 Å². The normalized spacial score (nSPS) is 10.6. The third-order valence-electron chi connectivity index (χ3n) is 2.35. The van der Waals surface area contributed by atoms with E-state index in [1.165, 1.54) is 0 Å². The van der Waals surface area contributed by atoms with Gasteiger partial charge in [0.05, 0.1) is 11.5 Å². The maximum absolute atomic E-state index is 10.4. The van der Waals surface area contributed by atoms with Gasteiger partial charge in [-0.2, -0.15) is 0 Å². The van der Waals surface area contributed by atoms with Crippen LogP contribution in [0.3, 0.4) is 0 Å². The molecule has 1 N–H and O–H groups in total. The first-order valence-electron chi connectivity index (χ1n) is 5.20. The summed E-state index contributed by atoms with van der Waals surface area (Å²) in [5, 5.41) is 28.6. The van der Waals surface area contributed by atoms with Crippen LogP contribution in [-0.2, 0) is 11.8 Å².